The van der Waals surface area contributed by atoms with Crippen LogP contribution in [0.2, 0.25) is 0 Å². The third-order valence-corrected chi connectivity index (χ3v) is 3.28. The highest BCUT2D eigenvalue weighted by Gasteiger charge is 2.33. The molecule has 25 heavy (non-hydrogen) atoms. The zero-order chi connectivity index (χ0) is 19.0. The number of para-hydroxylation sites is 1. The third-order valence-electron chi connectivity index (χ3n) is 3.28. The second-order valence-electron chi connectivity index (χ2n) is 5.13. The molecule has 0 heterocycles. The fourth-order valence-corrected chi connectivity index (χ4v) is 2.14. The van der Waals surface area contributed by atoms with Crippen LogP contribution in [0.5, 0.6) is 0 Å². The second-order valence-corrected chi connectivity index (χ2v) is 5.13. The molecule has 0 radical (unpaired) electrons. The van der Waals surface area contributed by atoms with Crippen LogP contribution in [0.25, 0.3) is 0 Å². The summed E-state index contributed by atoms with van der Waals surface area (Å²) in [5.74, 6) is -2.95. The Morgan fingerprint density at radius 1 is 1.20 bits per heavy atom. The van der Waals surface area contributed by atoms with Gasteiger partial charge < -0.3 is 20.0 Å². The van der Waals surface area contributed by atoms with Gasteiger partial charge in [0.05, 0.1) is 23.8 Å². The van der Waals surface area contributed by atoms with E-state index in [0.29, 0.717) is 12.8 Å². The molecule has 0 spiro atoms. The van der Waals surface area contributed by atoms with Crippen molar-refractivity contribution in [2.24, 2.45) is 0 Å². The van der Waals surface area contributed by atoms with E-state index in [1.165, 1.54) is 19.1 Å². The SMILES string of the molecule is CCCCC(Nc1ccccc1C(F)(F)F)=C(C(=O)[O-])C(=O)OCC. The van der Waals surface area contributed by atoms with E-state index in [1.54, 1.807) is 0 Å². The number of carbonyl (C=O) groups excluding carboxylic acids is 2. The molecule has 0 aliphatic heterocycles. The van der Waals surface area contributed by atoms with Crippen LogP contribution in [0, 0.1) is 0 Å². The van der Waals surface area contributed by atoms with Gasteiger partial charge in [0.15, 0.2) is 0 Å². The lowest BCUT2D eigenvalue weighted by molar-refractivity contribution is -0.299. The van der Waals surface area contributed by atoms with Gasteiger partial charge in [-0.15, -0.1) is 0 Å². The Hall–Kier alpha value is -2.51. The normalized spacial score (nSPS) is 12.4. The lowest BCUT2D eigenvalue weighted by Crippen LogP contribution is -2.32. The van der Waals surface area contributed by atoms with Crippen LogP contribution in [0.4, 0.5) is 18.9 Å². The Morgan fingerprint density at radius 3 is 2.36 bits per heavy atom. The second kappa shape index (κ2) is 9.10. The zero-order valence-corrected chi connectivity index (χ0v) is 13.9. The quantitative estimate of drug-likeness (QED) is 0.335. The molecule has 0 fully saturated rings. The van der Waals surface area contributed by atoms with E-state index in [1.807, 2.05) is 6.92 Å². The van der Waals surface area contributed by atoms with Crippen molar-refractivity contribution in [2.75, 3.05) is 11.9 Å². The minimum absolute atomic E-state index is 0.0603. The average molecular weight is 358 g/mol. The van der Waals surface area contributed by atoms with Gasteiger partial charge in [-0.05, 0) is 31.9 Å². The molecular weight excluding hydrogens is 339 g/mol. The molecule has 1 aromatic rings. The van der Waals surface area contributed by atoms with Crippen molar-refractivity contribution in [3.63, 3.8) is 0 Å². The fourth-order valence-electron chi connectivity index (χ4n) is 2.14. The molecule has 0 bridgehead atoms. The number of nitrogens with one attached hydrogen (secondary N) is 1. The van der Waals surface area contributed by atoms with Crippen molar-refractivity contribution >= 4 is 17.6 Å². The first-order valence-corrected chi connectivity index (χ1v) is 7.77. The number of alkyl halides is 3. The van der Waals surface area contributed by atoms with Gasteiger partial charge >= 0.3 is 12.1 Å². The van der Waals surface area contributed by atoms with E-state index in [9.17, 15) is 27.9 Å². The fraction of sp³-hybridized carbons (Fsp3) is 0.412. The third kappa shape index (κ3) is 5.81. The monoisotopic (exact) mass is 358 g/mol. The Kier molecular flexibility index (Phi) is 7.47. The van der Waals surface area contributed by atoms with Crippen molar-refractivity contribution in [3.8, 4) is 0 Å². The highest BCUT2D eigenvalue weighted by molar-refractivity contribution is 6.13. The highest BCUT2D eigenvalue weighted by Crippen LogP contribution is 2.35. The number of aliphatic carboxylic acids is 1. The summed E-state index contributed by atoms with van der Waals surface area (Å²) < 4.78 is 44.0. The topological polar surface area (TPSA) is 78.5 Å². The van der Waals surface area contributed by atoms with E-state index in [2.05, 4.69) is 10.1 Å². The molecule has 0 aliphatic rings. The smallest absolute Gasteiger partial charge is 0.418 e. The van der Waals surface area contributed by atoms with Crippen LogP contribution in [0.1, 0.15) is 38.7 Å². The van der Waals surface area contributed by atoms with Crippen LogP contribution in [-0.4, -0.2) is 18.5 Å². The molecular formula is C17H19F3NO4-. The molecule has 138 valence electrons. The van der Waals surface area contributed by atoms with Crippen LogP contribution in [0.15, 0.2) is 35.5 Å². The summed E-state index contributed by atoms with van der Waals surface area (Å²) in [5, 5.41) is 13.8. The molecule has 1 aromatic carbocycles. The molecule has 8 heteroatoms. The Balaban J connectivity index is 3.39. The summed E-state index contributed by atoms with van der Waals surface area (Å²) in [5.41, 5.74) is -2.28. The number of hydrogen-bond acceptors (Lipinski definition) is 5. The summed E-state index contributed by atoms with van der Waals surface area (Å²) in [4.78, 5) is 23.3. The number of ether oxygens (including phenoxy) is 1. The minimum atomic E-state index is -4.63. The number of rotatable bonds is 8. The van der Waals surface area contributed by atoms with Gasteiger partial charge in [-0.3, -0.25) is 0 Å². The van der Waals surface area contributed by atoms with Crippen molar-refractivity contribution in [3.05, 3.63) is 41.1 Å². The van der Waals surface area contributed by atoms with E-state index >= 15 is 0 Å². The number of allylic oxidation sites excluding steroid dienone is 1. The zero-order valence-electron chi connectivity index (χ0n) is 13.9. The number of esters is 1. The molecule has 0 aromatic heterocycles. The molecule has 1 rings (SSSR count). The molecule has 0 amide bonds. The first kappa shape index (κ1) is 20.5. The Morgan fingerprint density at radius 2 is 1.84 bits per heavy atom. The van der Waals surface area contributed by atoms with Gasteiger partial charge in [-0.2, -0.15) is 13.2 Å². The number of anilines is 1. The standard InChI is InChI=1S/C17H20F3NO4/c1-3-5-9-13(14(15(22)23)16(24)25-4-2)21-12-10-7-6-8-11(12)17(18,19)20/h6-8,10,21H,3-5,9H2,1-2H3,(H,22,23)/p-1. The predicted octanol–water partition coefficient (Wildman–Crippen LogP) is 2.87. The summed E-state index contributed by atoms with van der Waals surface area (Å²) in [6.07, 6.45) is -3.46. The molecule has 0 aliphatic carbocycles. The summed E-state index contributed by atoms with van der Waals surface area (Å²) in [6, 6.07) is 4.61. The van der Waals surface area contributed by atoms with E-state index in [0.717, 1.165) is 12.1 Å². The maximum absolute atomic E-state index is 13.1. The first-order valence-electron chi connectivity index (χ1n) is 7.77. The van der Waals surface area contributed by atoms with Crippen molar-refractivity contribution in [1.82, 2.24) is 0 Å². The molecule has 0 atom stereocenters. The van der Waals surface area contributed by atoms with Crippen molar-refractivity contribution in [2.45, 2.75) is 39.3 Å². The van der Waals surface area contributed by atoms with Gasteiger partial charge in [0.1, 0.15) is 5.57 Å². The van der Waals surface area contributed by atoms with Gasteiger partial charge in [0.2, 0.25) is 0 Å². The van der Waals surface area contributed by atoms with Gasteiger partial charge in [-0.25, -0.2) is 4.79 Å². The average Bonchev–Trinajstić information content (AvgIpc) is 2.52. The Bertz CT molecular complexity index is 654. The maximum Gasteiger partial charge on any atom is 0.418 e. The number of carboxylic acid groups (broad SMARTS) is 1. The number of carbonyl (C=O) groups is 2. The molecule has 0 saturated heterocycles. The summed E-state index contributed by atoms with van der Waals surface area (Å²) in [7, 11) is 0. The van der Waals surface area contributed by atoms with Gasteiger partial charge in [0, 0.05) is 5.70 Å². The van der Waals surface area contributed by atoms with Crippen LogP contribution in [0.3, 0.4) is 0 Å². The number of benzene rings is 1. The van der Waals surface area contributed by atoms with Crippen LogP contribution in [-0.2, 0) is 20.5 Å². The minimum Gasteiger partial charge on any atom is -0.544 e. The molecule has 5 nitrogen and oxygen atoms in total. The predicted molar refractivity (Wildman–Crippen MR) is 83.3 cm³/mol. The van der Waals surface area contributed by atoms with E-state index in [-0.39, 0.29) is 24.4 Å². The van der Waals surface area contributed by atoms with Crippen molar-refractivity contribution < 1.29 is 32.6 Å². The van der Waals surface area contributed by atoms with Gasteiger partial charge in [-0.1, -0.05) is 25.5 Å². The largest absolute Gasteiger partial charge is 0.544 e. The Labute approximate surface area is 143 Å². The molecule has 0 unspecified atom stereocenters. The maximum atomic E-state index is 13.1. The van der Waals surface area contributed by atoms with E-state index < -0.39 is 29.3 Å². The number of unbranched alkanes of at least 4 members (excludes halogenated alkanes) is 1. The number of halogens is 3. The van der Waals surface area contributed by atoms with Crippen LogP contribution < -0.4 is 10.4 Å². The lowest BCUT2D eigenvalue weighted by atomic mass is 10.1. The van der Waals surface area contributed by atoms with E-state index in [4.69, 9.17) is 0 Å². The number of hydrogen-bond donors (Lipinski definition) is 1. The first-order chi connectivity index (χ1) is 11.7. The molecule has 0 saturated carbocycles. The highest BCUT2D eigenvalue weighted by atomic mass is 19.4. The van der Waals surface area contributed by atoms with Gasteiger partial charge in [0.25, 0.3) is 0 Å². The summed E-state index contributed by atoms with van der Waals surface area (Å²) in [6.45, 7) is 3.24. The van der Waals surface area contributed by atoms with Crippen LogP contribution >= 0.6 is 0 Å². The molecule has 1 N–H and O–H groups in total. The van der Waals surface area contributed by atoms with Crippen molar-refractivity contribution in [1.29, 1.82) is 0 Å². The lowest BCUT2D eigenvalue weighted by Gasteiger charge is -2.20. The number of carboxylic acids is 1. The summed E-state index contributed by atoms with van der Waals surface area (Å²) >= 11 is 0.